The van der Waals surface area contributed by atoms with Crippen LogP contribution >= 0.6 is 0 Å². The van der Waals surface area contributed by atoms with Gasteiger partial charge in [0.15, 0.2) is 5.65 Å². The zero-order valence-corrected chi connectivity index (χ0v) is 16.2. The maximum atomic E-state index is 13.3. The van der Waals surface area contributed by atoms with Gasteiger partial charge in [0.1, 0.15) is 4.90 Å². The van der Waals surface area contributed by atoms with E-state index in [1.165, 1.54) is 10.5 Å². The number of nitrogens with zero attached hydrogens (tertiary/aromatic N) is 4. The third kappa shape index (κ3) is 3.03. The zero-order chi connectivity index (χ0) is 19.2. The van der Waals surface area contributed by atoms with E-state index in [2.05, 4.69) is 10.1 Å². The topological polar surface area (TPSA) is 94.1 Å². The molecule has 142 valence electrons. The highest BCUT2D eigenvalue weighted by molar-refractivity contribution is 7.89. The quantitative estimate of drug-likeness (QED) is 0.737. The Hall–Kier alpha value is -2.29. The van der Waals surface area contributed by atoms with Gasteiger partial charge in [-0.3, -0.25) is 4.68 Å². The summed E-state index contributed by atoms with van der Waals surface area (Å²) in [6, 6.07) is 11.7. The predicted molar refractivity (Wildman–Crippen MR) is 104 cm³/mol. The van der Waals surface area contributed by atoms with E-state index >= 15 is 0 Å². The molecule has 8 heteroatoms. The summed E-state index contributed by atoms with van der Waals surface area (Å²) in [7, 11) is -1.84. The number of pyridine rings is 1. The zero-order valence-electron chi connectivity index (χ0n) is 15.4. The van der Waals surface area contributed by atoms with E-state index in [-0.39, 0.29) is 16.7 Å². The third-order valence-electron chi connectivity index (χ3n) is 5.41. The van der Waals surface area contributed by atoms with E-state index in [0.717, 1.165) is 16.6 Å². The molecule has 1 aliphatic rings. The van der Waals surface area contributed by atoms with Gasteiger partial charge in [0.25, 0.3) is 0 Å². The summed E-state index contributed by atoms with van der Waals surface area (Å²) in [5.41, 5.74) is 8.53. The number of hydrogen-bond donors (Lipinski definition) is 1. The molecule has 1 aliphatic heterocycles. The second-order valence-electron chi connectivity index (χ2n) is 7.09. The van der Waals surface area contributed by atoms with E-state index < -0.39 is 10.0 Å². The standard InChI is InChI=1S/C19H23N5O2S/c1-13-17-8-16(10-21-19(17)23(2)22-13)27(25,26)24-11-15(9-20)18(12-24)14-6-4-3-5-7-14/h3-8,10,15,18H,9,11-12,20H2,1-2H3/t15-,18+/m1/s1. The van der Waals surface area contributed by atoms with Crippen molar-refractivity contribution in [2.75, 3.05) is 19.6 Å². The largest absolute Gasteiger partial charge is 0.330 e. The van der Waals surface area contributed by atoms with Crippen molar-refractivity contribution in [1.29, 1.82) is 0 Å². The highest BCUT2D eigenvalue weighted by Crippen LogP contribution is 2.35. The summed E-state index contributed by atoms with van der Waals surface area (Å²) in [5.74, 6) is 0.196. The lowest BCUT2D eigenvalue weighted by atomic mass is 9.89. The molecule has 0 saturated carbocycles. The van der Waals surface area contributed by atoms with Crippen molar-refractivity contribution in [2.45, 2.75) is 17.7 Å². The minimum atomic E-state index is -3.64. The molecule has 1 aromatic carbocycles. The number of nitrogens with two attached hydrogens (primary N) is 1. The van der Waals surface area contributed by atoms with Crippen molar-refractivity contribution in [3.8, 4) is 0 Å². The molecule has 0 radical (unpaired) electrons. The van der Waals surface area contributed by atoms with Gasteiger partial charge in [0, 0.05) is 37.6 Å². The van der Waals surface area contributed by atoms with Gasteiger partial charge in [-0.1, -0.05) is 30.3 Å². The number of hydrogen-bond acceptors (Lipinski definition) is 5. The van der Waals surface area contributed by atoms with Crippen molar-refractivity contribution in [1.82, 2.24) is 19.1 Å². The summed E-state index contributed by atoms with van der Waals surface area (Å²) in [5, 5.41) is 5.07. The van der Waals surface area contributed by atoms with Crippen LogP contribution in [-0.2, 0) is 17.1 Å². The molecule has 0 amide bonds. The number of fused-ring (bicyclic) bond motifs is 1. The number of sulfonamides is 1. The molecule has 0 aliphatic carbocycles. The molecule has 0 unspecified atom stereocenters. The van der Waals surface area contributed by atoms with E-state index in [0.29, 0.717) is 25.3 Å². The first-order chi connectivity index (χ1) is 12.9. The molecular weight excluding hydrogens is 362 g/mol. The van der Waals surface area contributed by atoms with E-state index in [4.69, 9.17) is 5.73 Å². The van der Waals surface area contributed by atoms with Gasteiger partial charge in [-0.15, -0.1) is 0 Å². The molecule has 27 heavy (non-hydrogen) atoms. The monoisotopic (exact) mass is 385 g/mol. The summed E-state index contributed by atoms with van der Waals surface area (Å²) < 4.78 is 29.7. The molecule has 3 aromatic rings. The molecule has 0 spiro atoms. The Kier molecular flexibility index (Phi) is 4.49. The predicted octanol–water partition coefficient (Wildman–Crippen LogP) is 1.64. The first kappa shape index (κ1) is 18.1. The second kappa shape index (κ2) is 6.70. The van der Waals surface area contributed by atoms with Crippen LogP contribution in [0.15, 0.2) is 47.5 Å². The minimum Gasteiger partial charge on any atom is -0.330 e. The lowest BCUT2D eigenvalue weighted by molar-refractivity contribution is 0.459. The van der Waals surface area contributed by atoms with Gasteiger partial charge in [-0.25, -0.2) is 13.4 Å². The fraction of sp³-hybridized carbons (Fsp3) is 0.368. The van der Waals surface area contributed by atoms with Crippen LogP contribution in [0.25, 0.3) is 11.0 Å². The normalized spacial score (nSPS) is 21.1. The van der Waals surface area contributed by atoms with Gasteiger partial charge in [-0.05, 0) is 31.0 Å². The van der Waals surface area contributed by atoms with Crippen LogP contribution in [0, 0.1) is 12.8 Å². The Balaban J connectivity index is 1.69. The molecule has 1 fully saturated rings. The Morgan fingerprint density at radius 1 is 1.22 bits per heavy atom. The van der Waals surface area contributed by atoms with E-state index in [1.807, 2.05) is 37.3 Å². The Morgan fingerprint density at radius 3 is 2.67 bits per heavy atom. The van der Waals surface area contributed by atoms with E-state index in [9.17, 15) is 8.42 Å². The summed E-state index contributed by atoms with van der Waals surface area (Å²) in [6.07, 6.45) is 1.42. The van der Waals surface area contributed by atoms with Gasteiger partial charge in [0.2, 0.25) is 10.0 Å². The van der Waals surface area contributed by atoms with Gasteiger partial charge >= 0.3 is 0 Å². The Morgan fingerprint density at radius 2 is 1.96 bits per heavy atom. The molecule has 2 aromatic heterocycles. The van der Waals surface area contributed by atoms with Gasteiger partial charge in [-0.2, -0.15) is 9.40 Å². The van der Waals surface area contributed by atoms with Crippen LogP contribution in [0.2, 0.25) is 0 Å². The summed E-state index contributed by atoms with van der Waals surface area (Å²) >= 11 is 0. The molecule has 3 heterocycles. The number of benzene rings is 1. The molecule has 7 nitrogen and oxygen atoms in total. The van der Waals surface area contributed by atoms with Gasteiger partial charge < -0.3 is 5.73 Å². The fourth-order valence-corrected chi connectivity index (χ4v) is 5.42. The third-order valence-corrected chi connectivity index (χ3v) is 7.21. The van der Waals surface area contributed by atoms with Crippen LogP contribution in [-0.4, -0.2) is 47.1 Å². The number of aryl methyl sites for hydroxylation is 2. The van der Waals surface area contributed by atoms with Crippen LogP contribution in [0.4, 0.5) is 0 Å². The maximum absolute atomic E-state index is 13.3. The fourth-order valence-electron chi connectivity index (χ4n) is 3.92. The van der Waals surface area contributed by atoms with Crippen LogP contribution in [0.3, 0.4) is 0 Å². The lowest BCUT2D eigenvalue weighted by Gasteiger charge is -2.17. The highest BCUT2D eigenvalue weighted by atomic mass is 32.2. The molecule has 2 atom stereocenters. The van der Waals surface area contributed by atoms with Crippen LogP contribution in [0.5, 0.6) is 0 Å². The second-order valence-corrected chi connectivity index (χ2v) is 9.02. The number of aromatic nitrogens is 3. The Labute approximate surface area is 158 Å². The highest BCUT2D eigenvalue weighted by Gasteiger charge is 2.39. The first-order valence-corrected chi connectivity index (χ1v) is 10.4. The van der Waals surface area contributed by atoms with Crippen molar-refractivity contribution < 1.29 is 8.42 Å². The maximum Gasteiger partial charge on any atom is 0.244 e. The van der Waals surface area contributed by atoms with Crippen molar-refractivity contribution in [3.05, 3.63) is 53.9 Å². The molecule has 4 rings (SSSR count). The average molecular weight is 385 g/mol. The minimum absolute atomic E-state index is 0.0963. The van der Waals surface area contributed by atoms with Gasteiger partial charge in [0.05, 0.1) is 5.69 Å². The molecular formula is C19H23N5O2S. The average Bonchev–Trinajstić information content (AvgIpc) is 3.24. The van der Waals surface area contributed by atoms with E-state index in [1.54, 1.807) is 17.8 Å². The SMILES string of the molecule is Cc1nn(C)c2ncc(S(=O)(=O)N3C[C@@H](CN)[C@H](c4ccccc4)C3)cc12. The summed E-state index contributed by atoms with van der Waals surface area (Å²) in [4.78, 5) is 4.53. The number of rotatable bonds is 4. The molecule has 2 N–H and O–H groups in total. The Bertz CT molecular complexity index is 1080. The van der Waals surface area contributed by atoms with Crippen LogP contribution < -0.4 is 5.73 Å². The summed E-state index contributed by atoms with van der Waals surface area (Å²) in [6.45, 7) is 3.15. The van der Waals surface area contributed by atoms with Crippen LogP contribution in [0.1, 0.15) is 17.2 Å². The first-order valence-electron chi connectivity index (χ1n) is 8.96. The lowest BCUT2D eigenvalue weighted by Crippen LogP contribution is -2.30. The smallest absolute Gasteiger partial charge is 0.244 e. The van der Waals surface area contributed by atoms with Crippen molar-refractivity contribution >= 4 is 21.1 Å². The van der Waals surface area contributed by atoms with Crippen molar-refractivity contribution in [3.63, 3.8) is 0 Å². The molecule has 1 saturated heterocycles. The van der Waals surface area contributed by atoms with Crippen molar-refractivity contribution in [2.24, 2.45) is 18.7 Å². The molecule has 0 bridgehead atoms.